The lowest BCUT2D eigenvalue weighted by Gasteiger charge is -2.43. The lowest BCUT2D eigenvalue weighted by atomic mass is 9.88. The Balaban J connectivity index is 1.98. The first kappa shape index (κ1) is 16.0. The van der Waals surface area contributed by atoms with Crippen LogP contribution in [0.5, 0.6) is 0 Å². The molecule has 0 spiro atoms. The van der Waals surface area contributed by atoms with E-state index < -0.39 is 0 Å². The normalized spacial score (nSPS) is 19.4. The first-order valence-electron chi connectivity index (χ1n) is 7.61. The minimum absolute atomic E-state index is 0.00365. The Morgan fingerprint density at radius 3 is 2.71 bits per heavy atom. The molecule has 1 aliphatic rings. The fourth-order valence-electron chi connectivity index (χ4n) is 2.86. The van der Waals surface area contributed by atoms with Crippen molar-refractivity contribution >= 4 is 5.91 Å². The summed E-state index contributed by atoms with van der Waals surface area (Å²) in [6, 6.07) is 1.61. The molecular formula is C15H26N4O2. The molecule has 6 heteroatoms. The van der Waals surface area contributed by atoms with Crippen molar-refractivity contribution in [3.05, 3.63) is 18.5 Å². The highest BCUT2D eigenvalue weighted by molar-refractivity contribution is 5.80. The van der Waals surface area contributed by atoms with Gasteiger partial charge in [0.15, 0.2) is 0 Å². The number of aromatic nitrogens is 2. The molecule has 1 saturated heterocycles. The molecule has 21 heavy (non-hydrogen) atoms. The van der Waals surface area contributed by atoms with Gasteiger partial charge in [0.25, 0.3) is 0 Å². The summed E-state index contributed by atoms with van der Waals surface area (Å²) in [6.07, 6.45) is 6.16. The Morgan fingerprint density at radius 2 is 2.19 bits per heavy atom. The summed E-state index contributed by atoms with van der Waals surface area (Å²) >= 11 is 0. The summed E-state index contributed by atoms with van der Waals surface area (Å²) in [7, 11) is 4.14. The molecule has 1 aliphatic heterocycles. The van der Waals surface area contributed by atoms with E-state index in [0.29, 0.717) is 6.54 Å². The third-order valence-electron chi connectivity index (χ3n) is 4.50. The number of nitrogens with zero attached hydrogens (tertiary/aromatic N) is 3. The van der Waals surface area contributed by atoms with E-state index in [1.165, 1.54) is 0 Å². The summed E-state index contributed by atoms with van der Waals surface area (Å²) in [4.78, 5) is 14.7. The summed E-state index contributed by atoms with van der Waals surface area (Å²) in [5, 5.41) is 7.30. The van der Waals surface area contributed by atoms with E-state index in [1.54, 1.807) is 10.9 Å². The minimum atomic E-state index is -0.237. The first-order valence-corrected chi connectivity index (χ1v) is 7.61. The summed E-state index contributed by atoms with van der Waals surface area (Å²) < 4.78 is 7.18. The molecule has 0 saturated carbocycles. The Hall–Kier alpha value is -1.40. The molecule has 1 amide bonds. The largest absolute Gasteiger partial charge is 0.381 e. The van der Waals surface area contributed by atoms with Crippen LogP contribution >= 0.6 is 0 Å². The maximum Gasteiger partial charge on any atom is 0.244 e. The van der Waals surface area contributed by atoms with Crippen LogP contribution in [0, 0.1) is 0 Å². The van der Waals surface area contributed by atoms with E-state index in [0.717, 1.165) is 32.5 Å². The van der Waals surface area contributed by atoms with Crippen molar-refractivity contribution in [2.45, 2.75) is 37.8 Å². The van der Waals surface area contributed by atoms with Gasteiger partial charge in [-0.1, -0.05) is 6.92 Å². The van der Waals surface area contributed by atoms with Crippen molar-refractivity contribution < 1.29 is 9.53 Å². The first-order chi connectivity index (χ1) is 10.1. The second kappa shape index (κ2) is 7.04. The monoisotopic (exact) mass is 294 g/mol. The molecule has 2 rings (SSSR count). The van der Waals surface area contributed by atoms with Gasteiger partial charge in [-0.2, -0.15) is 5.10 Å². The molecule has 0 bridgehead atoms. The van der Waals surface area contributed by atoms with Gasteiger partial charge in [0.2, 0.25) is 5.91 Å². The van der Waals surface area contributed by atoms with Crippen LogP contribution in [0.3, 0.4) is 0 Å². The molecule has 1 aromatic rings. The van der Waals surface area contributed by atoms with Crippen LogP contribution in [-0.2, 0) is 9.53 Å². The van der Waals surface area contributed by atoms with Crippen LogP contribution in [-0.4, -0.2) is 60.0 Å². The second-order valence-electron chi connectivity index (χ2n) is 5.86. The average molecular weight is 294 g/mol. The van der Waals surface area contributed by atoms with Crippen molar-refractivity contribution in [3.63, 3.8) is 0 Å². The molecule has 2 heterocycles. The molecule has 1 N–H and O–H groups in total. The zero-order chi connectivity index (χ0) is 15.3. The van der Waals surface area contributed by atoms with Gasteiger partial charge in [0.1, 0.15) is 6.04 Å². The Morgan fingerprint density at radius 1 is 1.48 bits per heavy atom. The van der Waals surface area contributed by atoms with Crippen LogP contribution in [0.1, 0.15) is 32.2 Å². The zero-order valence-electron chi connectivity index (χ0n) is 13.2. The van der Waals surface area contributed by atoms with Crippen molar-refractivity contribution in [3.8, 4) is 0 Å². The van der Waals surface area contributed by atoms with Crippen LogP contribution < -0.4 is 5.32 Å². The fraction of sp³-hybridized carbons (Fsp3) is 0.733. The Bertz CT molecular complexity index is 439. The highest BCUT2D eigenvalue weighted by atomic mass is 16.5. The van der Waals surface area contributed by atoms with Gasteiger partial charge in [-0.15, -0.1) is 0 Å². The molecule has 6 nitrogen and oxygen atoms in total. The van der Waals surface area contributed by atoms with Crippen LogP contribution in [0.25, 0.3) is 0 Å². The van der Waals surface area contributed by atoms with Gasteiger partial charge < -0.3 is 15.0 Å². The van der Waals surface area contributed by atoms with Gasteiger partial charge in [0.05, 0.1) is 0 Å². The van der Waals surface area contributed by atoms with Crippen LogP contribution in [0.4, 0.5) is 0 Å². The molecule has 0 unspecified atom stereocenters. The molecule has 1 aromatic heterocycles. The number of carbonyl (C=O) groups excluding carboxylic acids is 1. The second-order valence-corrected chi connectivity index (χ2v) is 5.86. The molecule has 118 valence electrons. The van der Waals surface area contributed by atoms with E-state index in [2.05, 4.69) is 29.4 Å². The SMILES string of the molecule is CC[C@H](C(=O)NCC1(N(C)C)CCOCC1)n1cccn1. The van der Waals surface area contributed by atoms with E-state index >= 15 is 0 Å². The van der Waals surface area contributed by atoms with Gasteiger partial charge in [-0.3, -0.25) is 9.48 Å². The van der Waals surface area contributed by atoms with Crippen molar-refractivity contribution in [2.24, 2.45) is 0 Å². The lowest BCUT2D eigenvalue weighted by molar-refractivity contribution is -0.125. The number of likely N-dealkylation sites (N-methyl/N-ethyl adjacent to an activating group) is 1. The predicted molar refractivity (Wildman–Crippen MR) is 81.0 cm³/mol. The standard InChI is InChI=1S/C15H26N4O2/c1-4-13(19-9-5-8-17-19)14(20)16-12-15(18(2)3)6-10-21-11-7-15/h5,8-9,13H,4,6-7,10-12H2,1-3H3,(H,16,20)/t13-/m1/s1. The molecule has 1 fully saturated rings. The average Bonchev–Trinajstić information content (AvgIpc) is 3.01. The number of carbonyl (C=O) groups is 1. The smallest absolute Gasteiger partial charge is 0.244 e. The quantitative estimate of drug-likeness (QED) is 0.852. The Kier molecular flexibility index (Phi) is 5.36. The number of hydrogen-bond acceptors (Lipinski definition) is 4. The number of amides is 1. The third kappa shape index (κ3) is 3.63. The summed E-state index contributed by atoms with van der Waals surface area (Å²) in [5.41, 5.74) is -0.00365. The van der Waals surface area contributed by atoms with E-state index in [4.69, 9.17) is 4.74 Å². The number of ether oxygens (including phenoxy) is 1. The highest BCUT2D eigenvalue weighted by Gasteiger charge is 2.35. The Labute approximate surface area is 126 Å². The third-order valence-corrected chi connectivity index (χ3v) is 4.50. The summed E-state index contributed by atoms with van der Waals surface area (Å²) in [5.74, 6) is 0.0360. The molecule has 0 radical (unpaired) electrons. The van der Waals surface area contributed by atoms with Gasteiger partial charge in [0, 0.05) is 37.7 Å². The molecule has 0 aliphatic carbocycles. The molecule has 1 atom stereocenters. The van der Waals surface area contributed by atoms with Crippen LogP contribution in [0.2, 0.25) is 0 Å². The lowest BCUT2D eigenvalue weighted by Crippen LogP contribution is -2.56. The van der Waals surface area contributed by atoms with Gasteiger partial charge >= 0.3 is 0 Å². The predicted octanol–water partition coefficient (Wildman–Crippen LogP) is 1.06. The van der Waals surface area contributed by atoms with Crippen LogP contribution in [0.15, 0.2) is 18.5 Å². The highest BCUT2D eigenvalue weighted by Crippen LogP contribution is 2.25. The van der Waals surface area contributed by atoms with E-state index in [1.807, 2.05) is 19.2 Å². The fourth-order valence-corrected chi connectivity index (χ4v) is 2.86. The van der Waals surface area contributed by atoms with Gasteiger partial charge in [-0.25, -0.2) is 0 Å². The zero-order valence-corrected chi connectivity index (χ0v) is 13.2. The topological polar surface area (TPSA) is 59.4 Å². The number of rotatable bonds is 6. The van der Waals surface area contributed by atoms with E-state index in [9.17, 15) is 4.79 Å². The molecule has 0 aromatic carbocycles. The maximum atomic E-state index is 12.5. The van der Waals surface area contributed by atoms with Crippen molar-refractivity contribution in [2.75, 3.05) is 33.9 Å². The minimum Gasteiger partial charge on any atom is -0.381 e. The summed E-state index contributed by atoms with van der Waals surface area (Å²) in [6.45, 7) is 4.16. The maximum absolute atomic E-state index is 12.5. The van der Waals surface area contributed by atoms with E-state index in [-0.39, 0.29) is 17.5 Å². The van der Waals surface area contributed by atoms with Crippen molar-refractivity contribution in [1.29, 1.82) is 0 Å². The number of hydrogen-bond donors (Lipinski definition) is 1. The van der Waals surface area contributed by atoms with Gasteiger partial charge in [-0.05, 0) is 39.4 Å². The molecular weight excluding hydrogens is 268 g/mol. The van der Waals surface area contributed by atoms with Crippen molar-refractivity contribution in [1.82, 2.24) is 20.0 Å². The number of nitrogens with one attached hydrogen (secondary N) is 1.